The van der Waals surface area contributed by atoms with Gasteiger partial charge in [-0.2, -0.15) is 5.10 Å². The van der Waals surface area contributed by atoms with Gasteiger partial charge in [-0.1, -0.05) is 0 Å². The Bertz CT molecular complexity index is 539. The summed E-state index contributed by atoms with van der Waals surface area (Å²) in [6.07, 6.45) is 1.68. The fourth-order valence-electron chi connectivity index (χ4n) is 1.79. The molecule has 0 bridgehead atoms. The van der Waals surface area contributed by atoms with Crippen LogP contribution in [0.1, 0.15) is 11.4 Å². The van der Waals surface area contributed by atoms with Crippen LogP contribution < -0.4 is 14.8 Å². The third kappa shape index (κ3) is 3.45. The summed E-state index contributed by atoms with van der Waals surface area (Å²) >= 11 is 0. The highest BCUT2D eigenvalue weighted by Crippen LogP contribution is 2.23. The molecule has 0 radical (unpaired) electrons. The summed E-state index contributed by atoms with van der Waals surface area (Å²) in [7, 11) is 5.16. The molecule has 6 heteroatoms. The van der Waals surface area contributed by atoms with Gasteiger partial charge in [-0.3, -0.25) is 4.68 Å². The van der Waals surface area contributed by atoms with Gasteiger partial charge in [0.15, 0.2) is 5.82 Å². The van der Waals surface area contributed by atoms with Gasteiger partial charge >= 0.3 is 0 Å². The predicted molar refractivity (Wildman–Crippen MR) is 71.1 cm³/mol. The Hall–Kier alpha value is -2.08. The minimum atomic E-state index is 0.612. The van der Waals surface area contributed by atoms with E-state index in [1.54, 1.807) is 25.2 Å². The van der Waals surface area contributed by atoms with Gasteiger partial charge in [0.1, 0.15) is 17.8 Å². The van der Waals surface area contributed by atoms with Crippen molar-refractivity contribution in [3.05, 3.63) is 35.9 Å². The molecule has 1 heterocycles. The summed E-state index contributed by atoms with van der Waals surface area (Å²) < 4.78 is 12.2. The van der Waals surface area contributed by atoms with Crippen molar-refractivity contribution in [1.82, 2.24) is 20.1 Å². The molecule has 0 atom stereocenters. The van der Waals surface area contributed by atoms with Gasteiger partial charge in [-0.15, -0.1) is 0 Å². The fraction of sp³-hybridized carbons (Fsp3) is 0.385. The van der Waals surface area contributed by atoms with E-state index in [4.69, 9.17) is 9.47 Å². The molecule has 0 aliphatic rings. The molecule has 0 saturated carbocycles. The highest BCUT2D eigenvalue weighted by Gasteiger charge is 2.05. The quantitative estimate of drug-likeness (QED) is 0.845. The SMILES string of the molecule is COc1ccc(OC)c(CNCc2ncn(C)n2)c1. The predicted octanol–water partition coefficient (Wildman–Crippen LogP) is 1.12. The van der Waals surface area contributed by atoms with Crippen LogP contribution in [0.2, 0.25) is 0 Å². The van der Waals surface area contributed by atoms with Crippen LogP contribution in [0.4, 0.5) is 0 Å². The van der Waals surface area contributed by atoms with Crippen LogP contribution in [0.25, 0.3) is 0 Å². The molecule has 0 aliphatic heterocycles. The van der Waals surface area contributed by atoms with Crippen molar-refractivity contribution in [3.8, 4) is 11.5 Å². The van der Waals surface area contributed by atoms with Crippen LogP contribution >= 0.6 is 0 Å². The average molecular weight is 262 g/mol. The Balaban J connectivity index is 1.98. The van der Waals surface area contributed by atoms with Gasteiger partial charge in [-0.25, -0.2) is 4.98 Å². The van der Waals surface area contributed by atoms with Gasteiger partial charge in [0.2, 0.25) is 0 Å². The van der Waals surface area contributed by atoms with Gasteiger partial charge in [-0.05, 0) is 18.2 Å². The number of hydrogen-bond acceptors (Lipinski definition) is 5. The molecule has 1 N–H and O–H groups in total. The van der Waals surface area contributed by atoms with Crippen molar-refractivity contribution >= 4 is 0 Å². The van der Waals surface area contributed by atoms with E-state index in [2.05, 4.69) is 15.4 Å². The molecule has 0 fully saturated rings. The molecule has 0 unspecified atom stereocenters. The second-order valence-corrected chi connectivity index (χ2v) is 4.12. The molecule has 102 valence electrons. The maximum absolute atomic E-state index is 5.32. The van der Waals surface area contributed by atoms with Crippen LogP contribution in [0.15, 0.2) is 24.5 Å². The highest BCUT2D eigenvalue weighted by molar-refractivity contribution is 5.40. The largest absolute Gasteiger partial charge is 0.497 e. The maximum atomic E-state index is 5.32. The Labute approximate surface area is 112 Å². The Kier molecular flexibility index (Phi) is 4.35. The third-order valence-electron chi connectivity index (χ3n) is 2.73. The molecule has 2 rings (SSSR count). The number of benzene rings is 1. The first-order chi connectivity index (χ1) is 9.22. The Morgan fingerprint density at radius 3 is 2.68 bits per heavy atom. The number of ether oxygens (including phenoxy) is 2. The van der Waals surface area contributed by atoms with Crippen molar-refractivity contribution in [1.29, 1.82) is 0 Å². The first kappa shape index (κ1) is 13.4. The topological polar surface area (TPSA) is 61.2 Å². The number of aromatic nitrogens is 3. The van der Waals surface area contributed by atoms with Crippen LogP contribution in [0.5, 0.6) is 11.5 Å². The Morgan fingerprint density at radius 1 is 1.21 bits per heavy atom. The monoisotopic (exact) mass is 262 g/mol. The van der Waals surface area contributed by atoms with Crippen molar-refractivity contribution in [2.75, 3.05) is 14.2 Å². The van der Waals surface area contributed by atoms with Crippen molar-refractivity contribution in [3.63, 3.8) is 0 Å². The zero-order valence-electron chi connectivity index (χ0n) is 11.4. The summed E-state index contributed by atoms with van der Waals surface area (Å²) in [5, 5.41) is 7.49. The first-order valence-electron chi connectivity index (χ1n) is 5.99. The van der Waals surface area contributed by atoms with Gasteiger partial charge < -0.3 is 14.8 Å². The molecule has 2 aromatic rings. The summed E-state index contributed by atoms with van der Waals surface area (Å²) in [6.45, 7) is 1.28. The van der Waals surface area contributed by atoms with E-state index in [1.165, 1.54) is 0 Å². The number of methoxy groups -OCH3 is 2. The van der Waals surface area contributed by atoms with Crippen LogP contribution in [0, 0.1) is 0 Å². The zero-order chi connectivity index (χ0) is 13.7. The number of nitrogens with zero attached hydrogens (tertiary/aromatic N) is 3. The number of hydrogen-bond donors (Lipinski definition) is 1. The number of rotatable bonds is 6. The fourth-order valence-corrected chi connectivity index (χ4v) is 1.79. The van der Waals surface area contributed by atoms with Crippen molar-refractivity contribution < 1.29 is 9.47 Å². The second-order valence-electron chi connectivity index (χ2n) is 4.12. The van der Waals surface area contributed by atoms with Crippen LogP contribution in [-0.4, -0.2) is 29.0 Å². The molecule has 1 aromatic heterocycles. The first-order valence-corrected chi connectivity index (χ1v) is 5.99. The molecule has 0 aliphatic carbocycles. The van der Waals surface area contributed by atoms with E-state index in [1.807, 2.05) is 25.2 Å². The van der Waals surface area contributed by atoms with E-state index in [9.17, 15) is 0 Å². The van der Waals surface area contributed by atoms with Crippen LogP contribution in [0.3, 0.4) is 0 Å². The average Bonchev–Trinajstić information content (AvgIpc) is 2.84. The Morgan fingerprint density at radius 2 is 2.05 bits per heavy atom. The standard InChI is InChI=1S/C13H18N4O2/c1-17-9-15-13(16-17)8-14-7-10-6-11(18-2)4-5-12(10)19-3/h4-6,9,14H,7-8H2,1-3H3. The number of aryl methyl sites for hydroxylation is 1. The van der Waals surface area contributed by atoms with E-state index in [0.29, 0.717) is 13.1 Å². The minimum Gasteiger partial charge on any atom is -0.497 e. The van der Waals surface area contributed by atoms with E-state index in [-0.39, 0.29) is 0 Å². The molecule has 1 aromatic carbocycles. The summed E-state index contributed by atoms with van der Waals surface area (Å²) in [5.41, 5.74) is 1.04. The molecule has 0 spiro atoms. The van der Waals surface area contributed by atoms with E-state index >= 15 is 0 Å². The van der Waals surface area contributed by atoms with Gasteiger partial charge in [0.25, 0.3) is 0 Å². The van der Waals surface area contributed by atoms with Gasteiger partial charge in [0.05, 0.1) is 20.8 Å². The summed E-state index contributed by atoms with van der Waals surface area (Å²) in [6, 6.07) is 5.73. The van der Waals surface area contributed by atoms with Crippen molar-refractivity contribution in [2.24, 2.45) is 7.05 Å². The third-order valence-corrected chi connectivity index (χ3v) is 2.73. The van der Waals surface area contributed by atoms with Gasteiger partial charge in [0, 0.05) is 19.2 Å². The summed E-state index contributed by atoms with van der Waals surface area (Å²) in [4.78, 5) is 4.16. The van der Waals surface area contributed by atoms with Crippen molar-refractivity contribution in [2.45, 2.75) is 13.1 Å². The lowest BCUT2D eigenvalue weighted by Gasteiger charge is -2.10. The summed E-state index contributed by atoms with van der Waals surface area (Å²) in [5.74, 6) is 2.42. The van der Waals surface area contributed by atoms with E-state index < -0.39 is 0 Å². The lowest BCUT2D eigenvalue weighted by molar-refractivity contribution is 0.397. The van der Waals surface area contributed by atoms with Crippen LogP contribution in [-0.2, 0) is 20.1 Å². The number of nitrogens with one attached hydrogen (secondary N) is 1. The lowest BCUT2D eigenvalue weighted by Crippen LogP contribution is -2.14. The molecular formula is C13H18N4O2. The molecule has 6 nitrogen and oxygen atoms in total. The zero-order valence-corrected chi connectivity index (χ0v) is 11.4. The lowest BCUT2D eigenvalue weighted by atomic mass is 10.2. The second kappa shape index (κ2) is 6.19. The smallest absolute Gasteiger partial charge is 0.164 e. The molecule has 0 amide bonds. The highest BCUT2D eigenvalue weighted by atomic mass is 16.5. The minimum absolute atomic E-state index is 0.612. The molecular weight excluding hydrogens is 244 g/mol. The molecule has 19 heavy (non-hydrogen) atoms. The van der Waals surface area contributed by atoms with E-state index in [0.717, 1.165) is 22.9 Å². The normalized spacial score (nSPS) is 10.5. The maximum Gasteiger partial charge on any atom is 0.164 e. The molecule has 0 saturated heterocycles.